The number of carbonyl (C=O) groups excluding carboxylic acids is 2. The van der Waals surface area contributed by atoms with E-state index in [9.17, 15) is 9.59 Å². The van der Waals surface area contributed by atoms with Crippen molar-refractivity contribution in [2.45, 2.75) is 46.3 Å². The zero-order valence-corrected chi connectivity index (χ0v) is 13.1. The van der Waals surface area contributed by atoms with Gasteiger partial charge in [0, 0.05) is 0 Å². The lowest BCUT2D eigenvalue weighted by molar-refractivity contribution is -0.150. The topological polar surface area (TPSA) is 55.8 Å². The highest BCUT2D eigenvalue weighted by atomic mass is 16.5. The van der Waals surface area contributed by atoms with E-state index in [-0.39, 0.29) is 12.5 Å². The minimum atomic E-state index is -1.09. The number of hydrogen-bond acceptors (Lipinski definition) is 4. The molecule has 0 bridgehead atoms. The lowest BCUT2D eigenvalue weighted by atomic mass is 9.98. The molecule has 2 rings (SSSR count). The molecule has 1 unspecified atom stereocenters. The van der Waals surface area contributed by atoms with Gasteiger partial charge in [-0.3, -0.25) is 9.69 Å². The van der Waals surface area contributed by atoms with Crippen molar-refractivity contribution in [3.8, 4) is 5.75 Å². The second-order valence-corrected chi connectivity index (χ2v) is 5.68. The molecule has 0 saturated carbocycles. The first-order valence-electron chi connectivity index (χ1n) is 7.07. The summed E-state index contributed by atoms with van der Waals surface area (Å²) in [6, 6.07) is 5.56. The summed E-state index contributed by atoms with van der Waals surface area (Å²) < 4.78 is 10.8. The number of rotatable bonds is 3. The molecule has 1 heterocycles. The molecule has 1 aliphatic rings. The molecule has 0 N–H and O–H groups in total. The molecule has 0 aliphatic carbocycles. The SMILES string of the molecule is CCOC(=O)C(C)(C)N1C(=O)C(C)Oc2cc(C)ccc21. The number of aryl methyl sites for hydroxylation is 1. The van der Waals surface area contributed by atoms with Gasteiger partial charge in [-0.05, 0) is 52.3 Å². The molecule has 114 valence electrons. The number of ether oxygens (including phenoxy) is 2. The quantitative estimate of drug-likeness (QED) is 0.803. The Kier molecular flexibility index (Phi) is 3.94. The Balaban J connectivity index is 2.52. The van der Waals surface area contributed by atoms with Gasteiger partial charge in [-0.15, -0.1) is 0 Å². The van der Waals surface area contributed by atoms with Gasteiger partial charge in [0.2, 0.25) is 0 Å². The lowest BCUT2D eigenvalue weighted by Gasteiger charge is -2.41. The van der Waals surface area contributed by atoms with E-state index in [4.69, 9.17) is 9.47 Å². The van der Waals surface area contributed by atoms with Gasteiger partial charge >= 0.3 is 5.97 Å². The summed E-state index contributed by atoms with van der Waals surface area (Å²) in [5.74, 6) is -0.0668. The maximum atomic E-state index is 12.5. The van der Waals surface area contributed by atoms with Crippen LogP contribution in [0.1, 0.15) is 33.3 Å². The van der Waals surface area contributed by atoms with Gasteiger partial charge in [0.05, 0.1) is 12.3 Å². The molecule has 0 aromatic heterocycles. The fourth-order valence-electron chi connectivity index (χ4n) is 2.42. The molecule has 0 saturated heterocycles. The predicted octanol–water partition coefficient (Wildman–Crippen LogP) is 2.45. The maximum Gasteiger partial charge on any atom is 0.331 e. The first kappa shape index (κ1) is 15.4. The second-order valence-electron chi connectivity index (χ2n) is 5.68. The van der Waals surface area contributed by atoms with E-state index >= 15 is 0 Å². The standard InChI is InChI=1S/C16H21NO4/c1-6-20-15(19)16(4,5)17-12-8-7-10(2)9-13(12)21-11(3)14(17)18/h7-9,11H,6H2,1-5H3. The number of benzene rings is 1. The zero-order chi connectivity index (χ0) is 15.8. The molecule has 0 fully saturated rings. The van der Waals surface area contributed by atoms with Gasteiger partial charge in [-0.25, -0.2) is 4.79 Å². The third-order valence-corrected chi connectivity index (χ3v) is 3.56. The molecule has 1 amide bonds. The second kappa shape index (κ2) is 5.39. The van der Waals surface area contributed by atoms with Gasteiger partial charge in [-0.2, -0.15) is 0 Å². The molecular formula is C16H21NO4. The molecule has 0 spiro atoms. The normalized spacial score (nSPS) is 18.0. The van der Waals surface area contributed by atoms with Gasteiger partial charge in [0.25, 0.3) is 5.91 Å². The van der Waals surface area contributed by atoms with E-state index < -0.39 is 17.6 Å². The van der Waals surface area contributed by atoms with Crippen molar-refractivity contribution in [1.82, 2.24) is 0 Å². The van der Waals surface area contributed by atoms with Crippen molar-refractivity contribution in [3.63, 3.8) is 0 Å². The van der Waals surface area contributed by atoms with Crippen molar-refractivity contribution in [2.75, 3.05) is 11.5 Å². The Morgan fingerprint density at radius 2 is 2.10 bits per heavy atom. The van der Waals surface area contributed by atoms with E-state index in [0.29, 0.717) is 11.4 Å². The van der Waals surface area contributed by atoms with E-state index in [1.165, 1.54) is 4.90 Å². The molecule has 21 heavy (non-hydrogen) atoms. The highest BCUT2D eigenvalue weighted by Crippen LogP contribution is 2.39. The molecule has 1 atom stereocenters. The number of fused-ring (bicyclic) bond motifs is 1. The molecule has 1 aliphatic heterocycles. The lowest BCUT2D eigenvalue weighted by Crippen LogP contribution is -2.59. The Morgan fingerprint density at radius 3 is 2.71 bits per heavy atom. The molecule has 1 aromatic rings. The van der Waals surface area contributed by atoms with Crippen LogP contribution in [0.4, 0.5) is 5.69 Å². The molecule has 1 aromatic carbocycles. The van der Waals surface area contributed by atoms with Crippen LogP contribution in [0.25, 0.3) is 0 Å². The highest BCUT2D eigenvalue weighted by Gasteiger charge is 2.45. The van der Waals surface area contributed by atoms with Crippen LogP contribution >= 0.6 is 0 Å². The number of anilines is 1. The number of nitrogens with zero attached hydrogens (tertiary/aromatic N) is 1. The summed E-state index contributed by atoms with van der Waals surface area (Å²) in [5, 5.41) is 0. The minimum Gasteiger partial charge on any atom is -0.479 e. The Bertz CT molecular complexity index is 580. The van der Waals surface area contributed by atoms with Gasteiger partial charge in [0.1, 0.15) is 11.3 Å². The van der Waals surface area contributed by atoms with Crippen molar-refractivity contribution < 1.29 is 19.1 Å². The number of hydrogen-bond donors (Lipinski definition) is 0. The fourth-order valence-corrected chi connectivity index (χ4v) is 2.42. The zero-order valence-electron chi connectivity index (χ0n) is 13.1. The largest absolute Gasteiger partial charge is 0.479 e. The minimum absolute atomic E-state index is 0.246. The molecular weight excluding hydrogens is 270 g/mol. The number of esters is 1. The predicted molar refractivity (Wildman–Crippen MR) is 79.5 cm³/mol. The average molecular weight is 291 g/mol. The highest BCUT2D eigenvalue weighted by molar-refractivity contribution is 6.06. The van der Waals surface area contributed by atoms with Crippen LogP contribution in [0, 0.1) is 6.92 Å². The van der Waals surface area contributed by atoms with Crippen LogP contribution in [0.15, 0.2) is 18.2 Å². The first-order chi connectivity index (χ1) is 9.78. The molecule has 0 radical (unpaired) electrons. The summed E-state index contributed by atoms with van der Waals surface area (Å²) in [4.78, 5) is 26.2. The Labute approximate surface area is 124 Å². The van der Waals surface area contributed by atoms with Gasteiger partial charge < -0.3 is 9.47 Å². The van der Waals surface area contributed by atoms with E-state index in [2.05, 4.69) is 0 Å². The monoisotopic (exact) mass is 291 g/mol. The van der Waals surface area contributed by atoms with Crippen molar-refractivity contribution in [3.05, 3.63) is 23.8 Å². The third-order valence-electron chi connectivity index (χ3n) is 3.56. The van der Waals surface area contributed by atoms with Crippen LogP contribution < -0.4 is 9.64 Å². The molecule has 5 nitrogen and oxygen atoms in total. The van der Waals surface area contributed by atoms with Gasteiger partial charge in [-0.1, -0.05) is 6.07 Å². The molecule has 5 heteroatoms. The fraction of sp³-hybridized carbons (Fsp3) is 0.500. The summed E-state index contributed by atoms with van der Waals surface area (Å²) in [5.41, 5.74) is 0.542. The van der Waals surface area contributed by atoms with Crippen LogP contribution in [0.3, 0.4) is 0 Å². The van der Waals surface area contributed by atoms with Crippen LogP contribution in [0.2, 0.25) is 0 Å². The number of carbonyl (C=O) groups is 2. The van der Waals surface area contributed by atoms with Crippen molar-refractivity contribution >= 4 is 17.6 Å². The van der Waals surface area contributed by atoms with E-state index in [1.807, 2.05) is 19.1 Å². The van der Waals surface area contributed by atoms with Crippen molar-refractivity contribution in [2.24, 2.45) is 0 Å². The van der Waals surface area contributed by atoms with Gasteiger partial charge in [0.15, 0.2) is 6.10 Å². The van der Waals surface area contributed by atoms with Crippen molar-refractivity contribution in [1.29, 1.82) is 0 Å². The summed E-state index contributed by atoms with van der Waals surface area (Å²) in [6.07, 6.45) is -0.631. The average Bonchev–Trinajstić information content (AvgIpc) is 2.40. The van der Waals surface area contributed by atoms with E-state index in [0.717, 1.165) is 5.56 Å². The number of amides is 1. The van der Waals surface area contributed by atoms with E-state index in [1.54, 1.807) is 33.8 Å². The third kappa shape index (κ3) is 2.60. The summed E-state index contributed by atoms with van der Waals surface area (Å²) in [7, 11) is 0. The Hall–Kier alpha value is -2.04. The Morgan fingerprint density at radius 1 is 1.43 bits per heavy atom. The van der Waals surface area contributed by atoms with Crippen LogP contribution in [0.5, 0.6) is 5.75 Å². The van der Waals surface area contributed by atoms with Crippen LogP contribution in [-0.2, 0) is 14.3 Å². The summed E-state index contributed by atoms with van der Waals surface area (Å²) >= 11 is 0. The van der Waals surface area contributed by atoms with Crippen LogP contribution in [-0.4, -0.2) is 30.1 Å². The first-order valence-corrected chi connectivity index (χ1v) is 7.07. The summed E-state index contributed by atoms with van der Waals surface area (Å²) in [6.45, 7) is 9.02. The smallest absolute Gasteiger partial charge is 0.331 e. The maximum absolute atomic E-state index is 12.5.